The molecule has 2 aromatic carbocycles. The highest BCUT2D eigenvalue weighted by Crippen LogP contribution is 2.42. The molecule has 87 heavy (non-hydrogen) atoms. The molecule has 2 aliphatic heterocycles. The average Bonchev–Trinajstić information content (AvgIpc) is 1.03. The quantitative estimate of drug-likeness (QED) is 0.0518. The summed E-state index contributed by atoms with van der Waals surface area (Å²) in [5.41, 5.74) is -0.0773. The molecule has 2 saturated carbocycles. The van der Waals surface area contributed by atoms with E-state index in [1.165, 1.54) is 31.7 Å². The number of amides is 6. The molecule has 2 saturated heterocycles. The highest BCUT2D eigenvalue weighted by atomic mass is 35.5. The molecular weight excluding hydrogens is 1160 g/mol. The average molecular weight is 1230 g/mol. The van der Waals surface area contributed by atoms with Crippen LogP contribution in [-0.2, 0) is 47.7 Å². The van der Waals surface area contributed by atoms with Gasteiger partial charge in [-0.2, -0.15) is 0 Å². The molecule has 26 nitrogen and oxygen atoms in total. The fraction of sp³-hybridized carbons (Fsp3) is 0.533. The van der Waals surface area contributed by atoms with Crippen LogP contribution in [0, 0.1) is 13.8 Å². The number of ether oxygens (including phenoxy) is 6. The van der Waals surface area contributed by atoms with Crippen molar-refractivity contribution in [2.75, 3.05) is 78.8 Å². The Hall–Kier alpha value is -8.55. The normalized spacial score (nSPS) is 16.5. The number of hydrogen-bond acceptors (Lipinski definition) is 18. The zero-order valence-electron chi connectivity index (χ0n) is 49.7. The second-order valence-corrected chi connectivity index (χ2v) is 21.8. The lowest BCUT2D eigenvalue weighted by Gasteiger charge is -2.39. The van der Waals surface area contributed by atoms with Crippen molar-refractivity contribution in [3.8, 4) is 11.5 Å². The number of aromatic nitrogens is 2. The number of halogens is 1. The van der Waals surface area contributed by atoms with Crippen molar-refractivity contribution in [1.82, 2.24) is 40.2 Å². The molecule has 2 unspecified atom stereocenters. The van der Waals surface area contributed by atoms with E-state index in [0.29, 0.717) is 52.5 Å². The molecule has 4 heterocycles. The summed E-state index contributed by atoms with van der Waals surface area (Å²) in [6.07, 6.45) is 1.43. The molecule has 0 spiro atoms. The summed E-state index contributed by atoms with van der Waals surface area (Å²) in [6, 6.07) is 9.33. The first kappa shape index (κ1) is 66.0. The van der Waals surface area contributed by atoms with Crippen molar-refractivity contribution in [3.63, 3.8) is 0 Å². The minimum absolute atomic E-state index is 0.0494. The van der Waals surface area contributed by atoms with Crippen LogP contribution in [0.4, 0.5) is 9.59 Å². The predicted octanol–water partition coefficient (Wildman–Crippen LogP) is 6.00. The van der Waals surface area contributed by atoms with Gasteiger partial charge in [0.1, 0.15) is 35.0 Å². The van der Waals surface area contributed by atoms with Crippen molar-refractivity contribution in [2.45, 2.75) is 129 Å². The number of fused-ring (bicyclic) bond motifs is 2. The van der Waals surface area contributed by atoms with E-state index < -0.39 is 83.0 Å². The zero-order valence-corrected chi connectivity index (χ0v) is 50.5. The second kappa shape index (κ2) is 29.7. The number of carboxylic acid groups (broad SMARTS) is 2. The summed E-state index contributed by atoms with van der Waals surface area (Å²) in [6.45, 7) is 13.2. The standard InChI is InChI=1S/C30H37ClN4O9.C30H38N4O9/c1-4-42-28(40)30(9-6-10-30)44-24-17-23(32-22-16-20(31)18(3)15-19(22)24)26(38)33-21(7-8-25(36)37)27(39)34-11-13-35(14-12-34)29(41)43-5-2;1-4-41-28(39)30(11-6-12-30)43-24-18-23(31-22-17-19(3)7-8-20(22)24)26(37)32-21(9-10-25(35)36)27(38)33-13-15-34(16-14-33)29(40)42-5-2/h15-17,21H,4-14H2,1-3H3,(H,33,38)(H,36,37);7-8,17-18,21H,4-6,9-16H2,1-3H3,(H,32,37)(H,35,36). The van der Waals surface area contributed by atoms with E-state index >= 15 is 0 Å². The van der Waals surface area contributed by atoms with Crippen molar-refractivity contribution < 1.29 is 86.6 Å². The molecule has 0 bridgehead atoms. The van der Waals surface area contributed by atoms with Gasteiger partial charge in [-0.05, 0) is 128 Å². The van der Waals surface area contributed by atoms with E-state index in [4.69, 9.17) is 40.0 Å². The number of aryl methyl sites for hydroxylation is 2. The molecule has 4 N–H and O–H groups in total. The van der Waals surface area contributed by atoms with E-state index in [-0.39, 0.29) is 127 Å². The fourth-order valence-electron chi connectivity index (χ4n) is 10.3. The number of rotatable bonds is 22. The van der Waals surface area contributed by atoms with E-state index in [2.05, 4.69) is 20.6 Å². The van der Waals surface area contributed by atoms with Crippen LogP contribution in [0.1, 0.15) is 124 Å². The van der Waals surface area contributed by atoms with Gasteiger partial charge in [0.25, 0.3) is 11.8 Å². The lowest BCUT2D eigenvalue weighted by molar-refractivity contribution is -0.170. The van der Waals surface area contributed by atoms with Crippen molar-refractivity contribution in [2.24, 2.45) is 0 Å². The van der Waals surface area contributed by atoms with Gasteiger partial charge in [-0.25, -0.2) is 29.1 Å². The van der Waals surface area contributed by atoms with Crippen LogP contribution in [0.25, 0.3) is 21.8 Å². The van der Waals surface area contributed by atoms with E-state index in [1.807, 2.05) is 19.9 Å². The van der Waals surface area contributed by atoms with Gasteiger partial charge in [-0.3, -0.25) is 28.8 Å². The highest BCUT2D eigenvalue weighted by molar-refractivity contribution is 6.32. The van der Waals surface area contributed by atoms with E-state index in [0.717, 1.165) is 24.0 Å². The Morgan fingerprint density at radius 1 is 0.540 bits per heavy atom. The smallest absolute Gasteiger partial charge is 0.409 e. The van der Waals surface area contributed by atoms with Gasteiger partial charge in [-0.15, -0.1) is 0 Å². The Morgan fingerprint density at radius 2 is 0.931 bits per heavy atom. The third-order valence-electron chi connectivity index (χ3n) is 15.4. The maximum Gasteiger partial charge on any atom is 0.409 e. The summed E-state index contributed by atoms with van der Waals surface area (Å²) < 4.78 is 33.2. The van der Waals surface area contributed by atoms with Crippen LogP contribution < -0.4 is 20.1 Å². The summed E-state index contributed by atoms with van der Waals surface area (Å²) in [7, 11) is 0. The number of hydrogen-bond donors (Lipinski definition) is 4. The largest absolute Gasteiger partial charge is 0.481 e. The van der Waals surface area contributed by atoms with Crippen LogP contribution in [0.5, 0.6) is 11.5 Å². The van der Waals surface area contributed by atoms with Gasteiger partial charge in [-0.1, -0.05) is 17.7 Å². The molecule has 2 aliphatic carbocycles. The summed E-state index contributed by atoms with van der Waals surface area (Å²) >= 11 is 6.37. The Kier molecular flexibility index (Phi) is 22.5. The first-order valence-corrected chi connectivity index (χ1v) is 29.6. The van der Waals surface area contributed by atoms with Gasteiger partial charge < -0.3 is 68.9 Å². The predicted molar refractivity (Wildman–Crippen MR) is 312 cm³/mol. The molecule has 27 heteroatoms. The van der Waals surface area contributed by atoms with Crippen LogP contribution in [0.3, 0.4) is 0 Å². The monoisotopic (exact) mass is 1230 g/mol. The number of aliphatic carboxylic acids is 2. The third kappa shape index (κ3) is 16.3. The van der Waals surface area contributed by atoms with Crippen molar-refractivity contribution >= 4 is 93.1 Å². The number of esters is 2. The Balaban J connectivity index is 0.000000249. The van der Waals surface area contributed by atoms with Gasteiger partial charge in [0, 0.05) is 93.1 Å². The lowest BCUT2D eigenvalue weighted by Crippen LogP contribution is -2.56. The van der Waals surface area contributed by atoms with Crippen molar-refractivity contribution in [1.29, 1.82) is 0 Å². The number of carboxylic acids is 2. The number of nitrogens with zero attached hydrogens (tertiary/aromatic N) is 6. The number of nitrogens with one attached hydrogen (secondary N) is 2. The molecule has 4 aliphatic rings. The van der Waals surface area contributed by atoms with E-state index in [9.17, 15) is 58.2 Å². The Morgan fingerprint density at radius 3 is 1.31 bits per heavy atom. The van der Waals surface area contributed by atoms with Crippen LogP contribution >= 0.6 is 11.6 Å². The molecule has 8 rings (SSSR count). The topological polar surface area (TPSA) is 329 Å². The van der Waals surface area contributed by atoms with Crippen LogP contribution in [0.15, 0.2) is 42.5 Å². The van der Waals surface area contributed by atoms with Crippen molar-refractivity contribution in [3.05, 3.63) is 70.0 Å². The minimum atomic E-state index is -1.20. The van der Waals surface area contributed by atoms with Crippen LogP contribution in [-0.4, -0.2) is 202 Å². The molecule has 6 amide bonds. The molecule has 4 fully saturated rings. The third-order valence-corrected chi connectivity index (χ3v) is 15.8. The van der Waals surface area contributed by atoms with Crippen LogP contribution in [0.2, 0.25) is 5.02 Å². The first-order valence-electron chi connectivity index (χ1n) is 29.3. The van der Waals surface area contributed by atoms with Gasteiger partial charge in [0.2, 0.25) is 23.0 Å². The first-order chi connectivity index (χ1) is 41.5. The number of benzene rings is 2. The van der Waals surface area contributed by atoms with Gasteiger partial charge >= 0.3 is 36.1 Å². The lowest BCUT2D eigenvalue weighted by atomic mass is 9.80. The van der Waals surface area contributed by atoms with Gasteiger partial charge in [0.15, 0.2) is 0 Å². The second-order valence-electron chi connectivity index (χ2n) is 21.4. The molecular formula is C60H75ClN8O18. The fourth-order valence-corrected chi connectivity index (χ4v) is 10.4. The molecule has 2 aromatic heterocycles. The van der Waals surface area contributed by atoms with Gasteiger partial charge in [0.05, 0.1) is 37.5 Å². The van der Waals surface area contributed by atoms with E-state index in [1.54, 1.807) is 52.0 Å². The molecule has 0 radical (unpaired) electrons. The maximum absolute atomic E-state index is 13.6. The Labute approximate surface area is 507 Å². The summed E-state index contributed by atoms with van der Waals surface area (Å²) in [5, 5.41) is 25.5. The molecule has 4 aromatic rings. The summed E-state index contributed by atoms with van der Waals surface area (Å²) in [4.78, 5) is 141. The summed E-state index contributed by atoms with van der Waals surface area (Å²) in [5.74, 6) is -5.04. The highest BCUT2D eigenvalue weighted by Gasteiger charge is 2.50. The zero-order chi connectivity index (χ0) is 63.2. The number of carbonyl (C=O) groups excluding carboxylic acids is 8. The number of pyridine rings is 2. The number of piperazine rings is 2. The molecule has 470 valence electrons. The number of carbonyl (C=O) groups is 10. The SMILES string of the molecule is CCOC(=O)N1CCN(C(=O)C(CCC(=O)O)NC(=O)c2cc(OC3(C(=O)OCC)CCC3)c3cc(C)c(Cl)cc3n2)CC1.CCOC(=O)N1CCN(C(=O)C(CCC(=O)O)NC(=O)c2cc(OC3(C(=O)OCC)CCC3)c3ccc(C)cc3n2)CC1. The minimum Gasteiger partial charge on any atom is -0.481 e. The molecule has 2 atom stereocenters. The maximum atomic E-state index is 13.6. The Bertz CT molecular complexity index is 3250.